The molecule has 1 amide bonds. The highest BCUT2D eigenvalue weighted by Crippen LogP contribution is 2.31. The molecule has 0 saturated carbocycles. The predicted octanol–water partition coefficient (Wildman–Crippen LogP) is 3.04. The lowest BCUT2D eigenvalue weighted by molar-refractivity contribution is -0.121. The fourth-order valence-electron chi connectivity index (χ4n) is 1.52. The van der Waals surface area contributed by atoms with Gasteiger partial charge in [0.25, 0.3) is 0 Å². The summed E-state index contributed by atoms with van der Waals surface area (Å²) in [4.78, 5) is 11.5. The van der Waals surface area contributed by atoms with Gasteiger partial charge in [-0.25, -0.2) is 0 Å². The summed E-state index contributed by atoms with van der Waals surface area (Å²) in [6.45, 7) is 2.57. The van der Waals surface area contributed by atoms with E-state index in [4.69, 9.17) is 33.0 Å². The molecule has 2 N–H and O–H groups in total. The van der Waals surface area contributed by atoms with Crippen LogP contribution in [0.2, 0.25) is 10.0 Å². The molecule has 1 atom stereocenters. The summed E-state index contributed by atoms with van der Waals surface area (Å²) < 4.78 is 5.47. The molecule has 1 rings (SSSR count). The first-order valence-corrected chi connectivity index (χ1v) is 7.28. The summed E-state index contributed by atoms with van der Waals surface area (Å²) in [5, 5.41) is 12.6. The molecule has 20 heavy (non-hydrogen) atoms. The van der Waals surface area contributed by atoms with Gasteiger partial charge in [0.1, 0.15) is 10.8 Å². The third kappa shape index (κ3) is 6.46. The van der Waals surface area contributed by atoms with Gasteiger partial charge in [-0.2, -0.15) is 0 Å². The van der Waals surface area contributed by atoms with Gasteiger partial charge in [0.15, 0.2) is 0 Å². The third-order valence-electron chi connectivity index (χ3n) is 2.61. The van der Waals surface area contributed by atoms with E-state index in [1.165, 1.54) is 0 Å². The number of ether oxygens (including phenoxy) is 1. The van der Waals surface area contributed by atoms with Crippen LogP contribution in [0, 0.1) is 0 Å². The van der Waals surface area contributed by atoms with Crippen LogP contribution in [0.5, 0.6) is 5.75 Å². The van der Waals surface area contributed by atoms with Crippen LogP contribution in [-0.2, 0) is 4.79 Å². The van der Waals surface area contributed by atoms with Crippen LogP contribution < -0.4 is 10.1 Å². The number of hydrogen-bond donors (Lipinski definition) is 2. The van der Waals surface area contributed by atoms with E-state index >= 15 is 0 Å². The maximum absolute atomic E-state index is 11.5. The molecule has 0 aromatic heterocycles. The third-order valence-corrected chi connectivity index (χ3v) is 3.41. The first-order valence-electron chi connectivity index (χ1n) is 6.52. The van der Waals surface area contributed by atoms with Crippen molar-refractivity contribution < 1.29 is 14.6 Å². The number of amides is 1. The number of aliphatic hydroxyl groups excluding tert-OH is 1. The van der Waals surface area contributed by atoms with E-state index in [2.05, 4.69) is 5.32 Å². The fourth-order valence-corrected chi connectivity index (χ4v) is 1.87. The Morgan fingerprint density at radius 1 is 1.45 bits per heavy atom. The Bertz CT molecular complexity index is 438. The molecule has 0 saturated heterocycles. The van der Waals surface area contributed by atoms with E-state index in [0.717, 1.165) is 0 Å². The number of nitrogens with one attached hydrogen (secondary N) is 1. The lowest BCUT2D eigenvalue weighted by Gasteiger charge is -2.09. The minimum absolute atomic E-state index is 0.0496. The summed E-state index contributed by atoms with van der Waals surface area (Å²) in [7, 11) is 0. The zero-order valence-corrected chi connectivity index (χ0v) is 12.9. The molecular weight excluding hydrogens is 301 g/mol. The van der Waals surface area contributed by atoms with Crippen LogP contribution in [-0.4, -0.2) is 30.3 Å². The number of aliphatic hydroxyl groups is 1. The number of halogens is 2. The molecule has 112 valence electrons. The van der Waals surface area contributed by atoms with E-state index in [1.807, 2.05) is 0 Å². The molecule has 0 bridgehead atoms. The molecule has 1 aromatic rings. The maximum Gasteiger partial charge on any atom is 0.220 e. The minimum Gasteiger partial charge on any atom is -0.492 e. The molecule has 0 radical (unpaired) electrons. The number of carbonyl (C=O) groups is 1. The first kappa shape index (κ1) is 17.1. The molecule has 0 heterocycles. The summed E-state index contributed by atoms with van der Waals surface area (Å²) >= 11 is 11.8. The average Bonchev–Trinajstić information content (AvgIpc) is 2.39. The smallest absolute Gasteiger partial charge is 0.220 e. The van der Waals surface area contributed by atoms with Crippen molar-refractivity contribution in [2.24, 2.45) is 0 Å². The predicted molar refractivity (Wildman–Crippen MR) is 80.5 cm³/mol. The van der Waals surface area contributed by atoms with E-state index < -0.39 is 6.10 Å². The number of hydrogen-bond acceptors (Lipinski definition) is 3. The maximum atomic E-state index is 11.5. The molecule has 0 aliphatic carbocycles. The monoisotopic (exact) mass is 319 g/mol. The van der Waals surface area contributed by atoms with Crippen LogP contribution in [0.4, 0.5) is 0 Å². The van der Waals surface area contributed by atoms with Crippen molar-refractivity contribution in [2.45, 2.75) is 32.3 Å². The lowest BCUT2D eigenvalue weighted by atomic mass is 10.2. The van der Waals surface area contributed by atoms with Gasteiger partial charge in [-0.3, -0.25) is 4.79 Å². The average molecular weight is 320 g/mol. The summed E-state index contributed by atoms with van der Waals surface area (Å²) in [6, 6.07) is 5.18. The SMILES string of the molecule is CC(O)CCNC(=O)CCCOc1cccc(Cl)c1Cl. The van der Waals surface area contributed by atoms with E-state index in [1.54, 1.807) is 25.1 Å². The van der Waals surface area contributed by atoms with Crippen molar-refractivity contribution in [2.75, 3.05) is 13.2 Å². The van der Waals surface area contributed by atoms with Crippen molar-refractivity contribution in [1.82, 2.24) is 5.32 Å². The van der Waals surface area contributed by atoms with Crippen LogP contribution in [0.25, 0.3) is 0 Å². The first-order chi connectivity index (χ1) is 9.50. The van der Waals surface area contributed by atoms with Gasteiger partial charge < -0.3 is 15.2 Å². The molecule has 0 spiro atoms. The topological polar surface area (TPSA) is 58.6 Å². The standard InChI is InChI=1S/C14H19Cl2NO3/c1-10(18)7-8-17-13(19)6-3-9-20-12-5-2-4-11(15)14(12)16/h2,4-5,10,18H,3,6-9H2,1H3,(H,17,19). The normalized spacial score (nSPS) is 12.0. The zero-order valence-electron chi connectivity index (χ0n) is 11.4. The van der Waals surface area contributed by atoms with E-state index in [9.17, 15) is 4.79 Å². The second-order valence-electron chi connectivity index (χ2n) is 4.49. The van der Waals surface area contributed by atoms with Gasteiger partial charge in [-0.15, -0.1) is 0 Å². The molecule has 1 unspecified atom stereocenters. The molecule has 6 heteroatoms. The van der Waals surface area contributed by atoms with E-state index in [0.29, 0.717) is 48.2 Å². The molecular formula is C14H19Cl2NO3. The second-order valence-corrected chi connectivity index (χ2v) is 5.28. The number of rotatable bonds is 8. The highest BCUT2D eigenvalue weighted by molar-refractivity contribution is 6.42. The second kappa shape index (κ2) is 9.06. The quantitative estimate of drug-likeness (QED) is 0.724. The van der Waals surface area contributed by atoms with E-state index in [-0.39, 0.29) is 5.91 Å². The van der Waals surface area contributed by atoms with Gasteiger partial charge in [0.2, 0.25) is 5.91 Å². The minimum atomic E-state index is -0.399. The van der Waals surface area contributed by atoms with Crippen LogP contribution in [0.3, 0.4) is 0 Å². The summed E-state index contributed by atoms with van der Waals surface area (Å²) in [6.07, 6.45) is 1.12. The lowest BCUT2D eigenvalue weighted by Crippen LogP contribution is -2.26. The van der Waals surface area contributed by atoms with Crippen molar-refractivity contribution in [1.29, 1.82) is 0 Å². The Labute approximate surface area is 129 Å². The molecule has 0 fully saturated rings. The van der Waals surface area contributed by atoms with Crippen molar-refractivity contribution in [3.05, 3.63) is 28.2 Å². The highest BCUT2D eigenvalue weighted by atomic mass is 35.5. The summed E-state index contributed by atoms with van der Waals surface area (Å²) in [5.41, 5.74) is 0. The van der Waals surface area contributed by atoms with Crippen LogP contribution >= 0.6 is 23.2 Å². The van der Waals surface area contributed by atoms with Gasteiger partial charge in [0, 0.05) is 13.0 Å². The van der Waals surface area contributed by atoms with Crippen molar-refractivity contribution in [3.8, 4) is 5.75 Å². The van der Waals surface area contributed by atoms with Crippen LogP contribution in [0.15, 0.2) is 18.2 Å². The van der Waals surface area contributed by atoms with Gasteiger partial charge in [0.05, 0.1) is 17.7 Å². The van der Waals surface area contributed by atoms with Gasteiger partial charge in [-0.1, -0.05) is 29.3 Å². The Kier molecular flexibility index (Phi) is 7.73. The van der Waals surface area contributed by atoms with Crippen LogP contribution in [0.1, 0.15) is 26.2 Å². The molecule has 4 nitrogen and oxygen atoms in total. The Hall–Kier alpha value is -0.970. The zero-order chi connectivity index (χ0) is 15.0. The summed E-state index contributed by atoms with van der Waals surface area (Å²) in [5.74, 6) is 0.472. The number of benzene rings is 1. The highest BCUT2D eigenvalue weighted by Gasteiger charge is 2.06. The Morgan fingerprint density at radius 3 is 2.90 bits per heavy atom. The molecule has 0 aliphatic heterocycles. The van der Waals surface area contributed by atoms with Gasteiger partial charge in [-0.05, 0) is 31.9 Å². The van der Waals surface area contributed by atoms with Crippen molar-refractivity contribution >= 4 is 29.1 Å². The Balaban J connectivity index is 2.18. The molecule has 1 aromatic carbocycles. The molecule has 0 aliphatic rings. The van der Waals surface area contributed by atoms with Gasteiger partial charge >= 0.3 is 0 Å². The number of carbonyl (C=O) groups excluding carboxylic acids is 1. The Morgan fingerprint density at radius 2 is 2.20 bits per heavy atom. The van der Waals surface area contributed by atoms with Crippen molar-refractivity contribution in [3.63, 3.8) is 0 Å². The largest absolute Gasteiger partial charge is 0.492 e. The fraction of sp³-hybridized carbons (Fsp3) is 0.500.